The van der Waals surface area contributed by atoms with Gasteiger partial charge in [-0.2, -0.15) is 4.31 Å². The highest BCUT2D eigenvalue weighted by molar-refractivity contribution is 7.89. The van der Waals surface area contributed by atoms with Crippen LogP contribution in [0.4, 0.5) is 10.2 Å². The molecule has 10 heteroatoms. The fourth-order valence-corrected chi connectivity index (χ4v) is 6.67. The van der Waals surface area contributed by atoms with E-state index < -0.39 is 10.0 Å². The highest BCUT2D eigenvalue weighted by Crippen LogP contribution is 2.30. The van der Waals surface area contributed by atoms with Gasteiger partial charge in [0.05, 0.1) is 23.6 Å². The third-order valence-electron chi connectivity index (χ3n) is 7.51. The van der Waals surface area contributed by atoms with Crippen LogP contribution in [0.5, 0.6) is 5.75 Å². The van der Waals surface area contributed by atoms with Crippen LogP contribution in [0, 0.1) is 5.82 Å². The fourth-order valence-electron chi connectivity index (χ4n) is 5.25. The van der Waals surface area contributed by atoms with Crippen molar-refractivity contribution in [3.63, 3.8) is 0 Å². The molecule has 1 N–H and O–H groups in total. The Balaban J connectivity index is 1.33. The molecule has 198 valence electrons. The number of hydrogen-bond acceptors (Lipinski definition) is 7. The predicted molar refractivity (Wildman–Crippen MR) is 142 cm³/mol. The zero-order valence-corrected chi connectivity index (χ0v) is 22.2. The summed E-state index contributed by atoms with van der Waals surface area (Å²) in [5.74, 6) is 1.65. The van der Waals surface area contributed by atoms with Crippen LogP contribution < -0.4 is 10.1 Å². The standard InChI is InChI=1S/C27H34FN5O3S/c1-19(32-14-16-33(17-15-32)37(34,35)23-11-9-22(36-2)10-12-23)26-30-25-13-8-20(28)18-24(25)27(31-26)29-21-6-4-3-5-7-21/h8-13,18-19,21H,3-7,14-17H2,1-2H3,(H,29,30,31). The van der Waals surface area contributed by atoms with Crippen LogP contribution in [0.15, 0.2) is 47.4 Å². The van der Waals surface area contributed by atoms with E-state index in [0.717, 1.165) is 12.8 Å². The Morgan fingerprint density at radius 1 is 1.00 bits per heavy atom. The summed E-state index contributed by atoms with van der Waals surface area (Å²) in [6.07, 6.45) is 5.77. The SMILES string of the molecule is COc1ccc(S(=O)(=O)N2CCN(C(C)c3nc(NC4CCCCC4)c4cc(F)ccc4n3)CC2)cc1. The van der Waals surface area contributed by atoms with Crippen LogP contribution in [0.2, 0.25) is 0 Å². The smallest absolute Gasteiger partial charge is 0.243 e. The number of sulfonamides is 1. The first-order valence-electron chi connectivity index (χ1n) is 13.0. The number of halogens is 1. The van der Waals surface area contributed by atoms with E-state index in [1.807, 2.05) is 6.92 Å². The molecule has 0 spiro atoms. The second kappa shape index (κ2) is 10.9. The molecule has 2 aliphatic rings. The van der Waals surface area contributed by atoms with E-state index in [0.29, 0.717) is 60.5 Å². The van der Waals surface area contributed by atoms with Crippen LogP contribution in [-0.4, -0.2) is 66.9 Å². The van der Waals surface area contributed by atoms with Gasteiger partial charge in [0.25, 0.3) is 0 Å². The summed E-state index contributed by atoms with van der Waals surface area (Å²) in [5, 5.41) is 4.26. The van der Waals surface area contributed by atoms with Crippen molar-refractivity contribution in [1.29, 1.82) is 0 Å². The molecule has 0 amide bonds. The van der Waals surface area contributed by atoms with Crippen LogP contribution in [-0.2, 0) is 10.0 Å². The topological polar surface area (TPSA) is 87.7 Å². The van der Waals surface area contributed by atoms with Gasteiger partial charge in [-0.1, -0.05) is 19.3 Å². The van der Waals surface area contributed by atoms with Crippen molar-refractivity contribution in [2.75, 3.05) is 38.6 Å². The van der Waals surface area contributed by atoms with Crippen molar-refractivity contribution in [1.82, 2.24) is 19.2 Å². The Kier molecular flexibility index (Phi) is 7.60. The monoisotopic (exact) mass is 527 g/mol. The number of nitrogens with one attached hydrogen (secondary N) is 1. The van der Waals surface area contributed by atoms with Crippen LogP contribution in [0.3, 0.4) is 0 Å². The van der Waals surface area contributed by atoms with E-state index in [9.17, 15) is 12.8 Å². The summed E-state index contributed by atoms with van der Waals surface area (Å²) >= 11 is 0. The first-order chi connectivity index (χ1) is 17.8. The van der Waals surface area contributed by atoms with E-state index in [2.05, 4.69) is 10.2 Å². The van der Waals surface area contributed by atoms with Crippen LogP contribution in [0.1, 0.15) is 50.9 Å². The number of nitrogens with zero attached hydrogens (tertiary/aromatic N) is 4. The molecular formula is C27H34FN5O3S. The number of methoxy groups -OCH3 is 1. The lowest BCUT2D eigenvalue weighted by molar-refractivity contribution is 0.141. The lowest BCUT2D eigenvalue weighted by Crippen LogP contribution is -2.49. The Labute approximate surface area is 217 Å². The number of anilines is 1. The molecule has 1 aliphatic carbocycles. The minimum Gasteiger partial charge on any atom is -0.497 e. The minimum absolute atomic E-state index is 0.118. The maximum Gasteiger partial charge on any atom is 0.243 e. The number of aromatic nitrogens is 2. The molecule has 1 atom stereocenters. The van der Waals surface area contributed by atoms with E-state index in [1.54, 1.807) is 37.4 Å². The number of ether oxygens (including phenoxy) is 1. The van der Waals surface area contributed by atoms with Gasteiger partial charge in [0.2, 0.25) is 10.0 Å². The molecule has 0 radical (unpaired) electrons. The van der Waals surface area contributed by atoms with E-state index in [1.165, 1.54) is 35.7 Å². The first kappa shape index (κ1) is 25.8. The van der Waals surface area contributed by atoms with Crippen molar-refractivity contribution in [3.8, 4) is 5.75 Å². The molecule has 1 unspecified atom stereocenters. The Morgan fingerprint density at radius 2 is 1.70 bits per heavy atom. The molecule has 37 heavy (non-hydrogen) atoms. The third kappa shape index (κ3) is 5.56. The highest BCUT2D eigenvalue weighted by Gasteiger charge is 2.31. The first-order valence-corrected chi connectivity index (χ1v) is 14.4. The Hall–Kier alpha value is -2.82. The summed E-state index contributed by atoms with van der Waals surface area (Å²) in [4.78, 5) is 12.1. The maximum absolute atomic E-state index is 14.1. The van der Waals surface area contributed by atoms with Gasteiger partial charge in [-0.3, -0.25) is 4.90 Å². The molecular weight excluding hydrogens is 493 g/mol. The lowest BCUT2D eigenvalue weighted by atomic mass is 9.95. The third-order valence-corrected chi connectivity index (χ3v) is 9.43. The van der Waals surface area contributed by atoms with Gasteiger partial charge < -0.3 is 10.1 Å². The normalized spacial score (nSPS) is 19.1. The number of benzene rings is 2. The molecule has 0 bridgehead atoms. The van der Waals surface area contributed by atoms with Gasteiger partial charge in [0.15, 0.2) is 0 Å². The number of fused-ring (bicyclic) bond motifs is 1. The zero-order valence-electron chi connectivity index (χ0n) is 21.4. The van der Waals surface area contributed by atoms with Gasteiger partial charge in [0, 0.05) is 37.6 Å². The van der Waals surface area contributed by atoms with Gasteiger partial charge in [0.1, 0.15) is 23.2 Å². The predicted octanol–water partition coefficient (Wildman–Crippen LogP) is 4.59. The summed E-state index contributed by atoms with van der Waals surface area (Å²) in [7, 11) is -2.03. The summed E-state index contributed by atoms with van der Waals surface area (Å²) in [5.41, 5.74) is 0.706. The molecule has 8 nitrogen and oxygen atoms in total. The highest BCUT2D eigenvalue weighted by atomic mass is 32.2. The van der Waals surface area contributed by atoms with Gasteiger partial charge in [-0.25, -0.2) is 22.8 Å². The number of rotatable bonds is 7. The lowest BCUT2D eigenvalue weighted by Gasteiger charge is -2.37. The summed E-state index contributed by atoms with van der Waals surface area (Å²) in [6, 6.07) is 11.3. The molecule has 1 saturated heterocycles. The van der Waals surface area contributed by atoms with Gasteiger partial charge >= 0.3 is 0 Å². The van der Waals surface area contributed by atoms with E-state index in [-0.39, 0.29) is 16.8 Å². The molecule has 2 fully saturated rings. The average Bonchev–Trinajstić information content (AvgIpc) is 2.93. The summed E-state index contributed by atoms with van der Waals surface area (Å²) in [6.45, 7) is 3.93. The Morgan fingerprint density at radius 3 is 2.38 bits per heavy atom. The number of piperazine rings is 1. The molecule has 1 aromatic heterocycles. The largest absolute Gasteiger partial charge is 0.497 e. The minimum atomic E-state index is -3.58. The van der Waals surface area contributed by atoms with Crippen molar-refractivity contribution in [2.24, 2.45) is 0 Å². The van der Waals surface area contributed by atoms with Gasteiger partial charge in [-0.05, 0) is 62.2 Å². The Bertz CT molecular complexity index is 1340. The quantitative estimate of drug-likeness (QED) is 0.481. The molecule has 1 aliphatic heterocycles. The van der Waals surface area contributed by atoms with E-state index in [4.69, 9.17) is 14.7 Å². The van der Waals surface area contributed by atoms with Crippen LogP contribution >= 0.6 is 0 Å². The average molecular weight is 528 g/mol. The zero-order chi connectivity index (χ0) is 26.0. The van der Waals surface area contributed by atoms with Crippen molar-refractivity contribution in [2.45, 2.75) is 56.0 Å². The second-order valence-corrected chi connectivity index (χ2v) is 11.8. The molecule has 5 rings (SSSR count). The fraction of sp³-hybridized carbons (Fsp3) is 0.481. The molecule has 2 aromatic carbocycles. The second-order valence-electron chi connectivity index (χ2n) is 9.86. The maximum atomic E-state index is 14.1. The van der Waals surface area contributed by atoms with Crippen molar-refractivity contribution >= 4 is 26.7 Å². The molecule has 1 saturated carbocycles. The van der Waals surface area contributed by atoms with Crippen LogP contribution in [0.25, 0.3) is 10.9 Å². The van der Waals surface area contributed by atoms with Crippen molar-refractivity contribution < 1.29 is 17.5 Å². The van der Waals surface area contributed by atoms with Gasteiger partial charge in [-0.15, -0.1) is 0 Å². The molecule has 3 aromatic rings. The van der Waals surface area contributed by atoms with Crippen molar-refractivity contribution in [3.05, 3.63) is 54.1 Å². The number of hydrogen-bond donors (Lipinski definition) is 1. The molecule has 2 heterocycles. The summed E-state index contributed by atoms with van der Waals surface area (Å²) < 4.78 is 47.0. The van der Waals surface area contributed by atoms with E-state index >= 15 is 0 Å².